The van der Waals surface area contributed by atoms with E-state index >= 15 is 0 Å². The maximum Gasteiger partial charge on any atom is 0.252 e. The van der Waals surface area contributed by atoms with Crippen molar-refractivity contribution in [2.75, 3.05) is 11.9 Å². The van der Waals surface area contributed by atoms with Crippen LogP contribution in [0, 0.1) is 0 Å². The Morgan fingerprint density at radius 1 is 1.10 bits per heavy atom. The molecule has 1 amide bonds. The van der Waals surface area contributed by atoms with Gasteiger partial charge in [0.05, 0.1) is 6.42 Å². The molecule has 1 aliphatic rings. The number of halogens is 1. The number of fused-ring (bicyclic) bond motifs is 1. The number of carbonyl (C=O) groups is 1. The minimum atomic E-state index is -3.49. The predicted octanol–water partition coefficient (Wildman–Crippen LogP) is 4.33. The van der Waals surface area contributed by atoms with Crippen LogP contribution in [0.25, 0.3) is 0 Å². The monoisotopic (exact) mass is 446 g/mol. The van der Waals surface area contributed by atoms with E-state index < -0.39 is 10.0 Å². The molecular weight excluding hydrogens is 428 g/mol. The van der Waals surface area contributed by atoms with Crippen molar-refractivity contribution in [3.8, 4) is 0 Å². The molecule has 0 atom stereocenters. The van der Waals surface area contributed by atoms with Crippen LogP contribution in [0.15, 0.2) is 64.2 Å². The quantitative estimate of drug-likeness (QED) is 0.634. The molecule has 0 unspecified atom stereocenters. The summed E-state index contributed by atoms with van der Waals surface area (Å²) in [4.78, 5) is 12.4. The van der Waals surface area contributed by atoms with Crippen molar-refractivity contribution >= 4 is 44.6 Å². The van der Waals surface area contributed by atoms with Gasteiger partial charge in [0.15, 0.2) is 0 Å². The molecule has 1 aliphatic heterocycles. The lowest BCUT2D eigenvalue weighted by Gasteiger charge is -2.28. The molecule has 0 bridgehead atoms. The van der Waals surface area contributed by atoms with E-state index in [1.54, 1.807) is 29.6 Å². The van der Waals surface area contributed by atoms with Crippen molar-refractivity contribution in [1.82, 2.24) is 4.31 Å². The molecule has 150 valence electrons. The number of amides is 1. The number of nitrogens with zero attached hydrogens (tertiary/aromatic N) is 1. The van der Waals surface area contributed by atoms with E-state index in [2.05, 4.69) is 5.32 Å². The Labute approximate surface area is 179 Å². The summed E-state index contributed by atoms with van der Waals surface area (Å²) in [7, 11) is -3.49. The molecule has 0 radical (unpaired) electrons. The summed E-state index contributed by atoms with van der Waals surface area (Å²) in [5, 5.41) is 5.29. The lowest BCUT2D eigenvalue weighted by molar-refractivity contribution is -0.115. The summed E-state index contributed by atoms with van der Waals surface area (Å²) in [5.41, 5.74) is 3.56. The lowest BCUT2D eigenvalue weighted by atomic mass is 10.0. The number of hydrogen-bond acceptors (Lipinski definition) is 4. The summed E-state index contributed by atoms with van der Waals surface area (Å²) >= 11 is 7.10. The van der Waals surface area contributed by atoms with Gasteiger partial charge in [0.25, 0.3) is 10.0 Å². The molecule has 0 aliphatic carbocycles. The Kier molecular flexibility index (Phi) is 5.74. The van der Waals surface area contributed by atoms with E-state index in [1.807, 2.05) is 30.3 Å². The summed E-state index contributed by atoms with van der Waals surface area (Å²) in [6, 6.07) is 16.2. The minimum absolute atomic E-state index is 0.133. The molecule has 29 heavy (non-hydrogen) atoms. The average Bonchev–Trinajstić information content (AvgIpc) is 3.25. The first kappa shape index (κ1) is 20.1. The van der Waals surface area contributed by atoms with E-state index in [-0.39, 0.29) is 12.3 Å². The van der Waals surface area contributed by atoms with Crippen LogP contribution in [0.1, 0.15) is 16.7 Å². The first-order valence-electron chi connectivity index (χ1n) is 9.11. The van der Waals surface area contributed by atoms with Crippen molar-refractivity contribution < 1.29 is 13.2 Å². The Morgan fingerprint density at radius 3 is 2.62 bits per heavy atom. The highest BCUT2D eigenvalue weighted by atomic mass is 35.5. The van der Waals surface area contributed by atoms with Crippen LogP contribution in [0.4, 0.5) is 5.69 Å². The molecule has 0 saturated carbocycles. The standard InChI is InChI=1S/C21H19ClN2O3S2/c22-18-6-3-15(4-7-18)12-20(25)23-19-8-5-16-9-10-24(14-17(16)13-19)29(26,27)21-2-1-11-28-21/h1-8,11,13H,9-10,12,14H2,(H,23,25). The molecule has 1 N–H and O–H groups in total. The predicted molar refractivity (Wildman–Crippen MR) is 116 cm³/mol. The zero-order valence-corrected chi connectivity index (χ0v) is 17.9. The van der Waals surface area contributed by atoms with Gasteiger partial charge in [-0.2, -0.15) is 4.31 Å². The highest BCUT2D eigenvalue weighted by Gasteiger charge is 2.29. The van der Waals surface area contributed by atoms with Crippen LogP contribution in [0.3, 0.4) is 0 Å². The Balaban J connectivity index is 1.47. The van der Waals surface area contributed by atoms with Gasteiger partial charge < -0.3 is 5.32 Å². The van der Waals surface area contributed by atoms with Crippen molar-refractivity contribution in [2.45, 2.75) is 23.6 Å². The first-order chi connectivity index (χ1) is 13.9. The topological polar surface area (TPSA) is 66.5 Å². The maximum atomic E-state index is 12.8. The molecule has 8 heteroatoms. The summed E-state index contributed by atoms with van der Waals surface area (Å²) in [6.45, 7) is 0.756. The van der Waals surface area contributed by atoms with Gasteiger partial charge in [-0.15, -0.1) is 11.3 Å². The van der Waals surface area contributed by atoms with Crippen molar-refractivity contribution in [3.63, 3.8) is 0 Å². The van der Waals surface area contributed by atoms with Crippen LogP contribution in [0.5, 0.6) is 0 Å². The van der Waals surface area contributed by atoms with E-state index in [9.17, 15) is 13.2 Å². The Bertz CT molecular complexity index is 1130. The zero-order valence-electron chi connectivity index (χ0n) is 15.5. The normalized spacial score (nSPS) is 14.4. The van der Waals surface area contributed by atoms with Gasteiger partial charge in [0, 0.05) is 23.8 Å². The number of hydrogen-bond donors (Lipinski definition) is 1. The molecule has 3 aromatic rings. The molecule has 2 aromatic carbocycles. The molecule has 0 fully saturated rings. The van der Waals surface area contributed by atoms with Gasteiger partial charge in [-0.05, 0) is 58.8 Å². The van der Waals surface area contributed by atoms with E-state index in [0.29, 0.717) is 34.4 Å². The highest BCUT2D eigenvalue weighted by molar-refractivity contribution is 7.91. The third-order valence-corrected chi connectivity index (χ3v) is 8.30. The van der Waals surface area contributed by atoms with E-state index in [1.165, 1.54) is 15.6 Å². The van der Waals surface area contributed by atoms with Crippen molar-refractivity contribution in [1.29, 1.82) is 0 Å². The molecule has 1 aromatic heterocycles. The van der Waals surface area contributed by atoms with Gasteiger partial charge in [-0.25, -0.2) is 8.42 Å². The second-order valence-electron chi connectivity index (χ2n) is 6.86. The highest BCUT2D eigenvalue weighted by Crippen LogP contribution is 2.28. The van der Waals surface area contributed by atoms with Gasteiger partial charge in [0.2, 0.25) is 5.91 Å². The van der Waals surface area contributed by atoms with Crippen LogP contribution < -0.4 is 5.32 Å². The van der Waals surface area contributed by atoms with E-state index in [4.69, 9.17) is 11.6 Å². The van der Waals surface area contributed by atoms with Crippen molar-refractivity contribution in [2.24, 2.45) is 0 Å². The first-order valence-corrected chi connectivity index (χ1v) is 11.8. The van der Waals surface area contributed by atoms with Gasteiger partial charge >= 0.3 is 0 Å². The third-order valence-electron chi connectivity index (χ3n) is 4.83. The largest absolute Gasteiger partial charge is 0.326 e. The average molecular weight is 447 g/mol. The number of thiophene rings is 1. The molecular formula is C21H19ClN2O3S2. The number of anilines is 1. The molecule has 5 nitrogen and oxygen atoms in total. The SMILES string of the molecule is O=C(Cc1ccc(Cl)cc1)Nc1ccc2c(c1)CN(S(=O)(=O)c1cccs1)CC2. The number of carbonyl (C=O) groups excluding carboxylic acids is 1. The van der Waals surface area contributed by atoms with Gasteiger partial charge in [0.1, 0.15) is 4.21 Å². The fraction of sp³-hybridized carbons (Fsp3) is 0.190. The van der Waals surface area contributed by atoms with Crippen LogP contribution in [0.2, 0.25) is 5.02 Å². The smallest absolute Gasteiger partial charge is 0.252 e. The summed E-state index contributed by atoms with van der Waals surface area (Å²) < 4.78 is 27.5. The van der Waals surface area contributed by atoms with Gasteiger partial charge in [-0.3, -0.25) is 4.79 Å². The van der Waals surface area contributed by atoms with E-state index in [0.717, 1.165) is 16.7 Å². The Hall–Kier alpha value is -2.19. The molecule has 0 saturated heterocycles. The van der Waals surface area contributed by atoms with Gasteiger partial charge in [-0.1, -0.05) is 35.9 Å². The number of rotatable bonds is 5. The fourth-order valence-electron chi connectivity index (χ4n) is 3.34. The summed E-state index contributed by atoms with van der Waals surface area (Å²) in [5.74, 6) is -0.133. The van der Waals surface area contributed by atoms with Crippen LogP contribution in [-0.4, -0.2) is 25.2 Å². The summed E-state index contributed by atoms with van der Waals surface area (Å²) in [6.07, 6.45) is 0.895. The minimum Gasteiger partial charge on any atom is -0.326 e. The molecule has 4 rings (SSSR count). The third kappa shape index (κ3) is 4.53. The Morgan fingerprint density at radius 2 is 1.90 bits per heavy atom. The van der Waals surface area contributed by atoms with Crippen molar-refractivity contribution in [3.05, 3.63) is 81.7 Å². The molecule has 0 spiro atoms. The zero-order chi connectivity index (χ0) is 20.4. The molecule has 2 heterocycles. The lowest BCUT2D eigenvalue weighted by Crippen LogP contribution is -2.35. The van der Waals surface area contributed by atoms with Crippen LogP contribution >= 0.6 is 22.9 Å². The number of benzene rings is 2. The number of nitrogens with one attached hydrogen (secondary N) is 1. The second-order valence-corrected chi connectivity index (χ2v) is 10.4. The fourth-order valence-corrected chi connectivity index (χ4v) is 6.03. The second kappa shape index (κ2) is 8.28. The maximum absolute atomic E-state index is 12.8. The number of sulfonamides is 1. The van der Waals surface area contributed by atoms with Crippen LogP contribution in [-0.2, 0) is 34.2 Å².